The maximum atomic E-state index is 6.16. The maximum Gasteiger partial charge on any atom is 0.144 e. The third-order valence-electron chi connectivity index (χ3n) is 6.32. The van der Waals surface area contributed by atoms with Crippen molar-refractivity contribution >= 4 is 16.9 Å². The minimum atomic E-state index is 0.603. The second-order valence-corrected chi connectivity index (χ2v) is 9.40. The minimum Gasteiger partial charge on any atom is -0.491 e. The molecule has 0 unspecified atom stereocenters. The number of allylic oxidation sites excluding steroid dienone is 1. The third kappa shape index (κ3) is 4.77. The second kappa shape index (κ2) is 9.50. The van der Waals surface area contributed by atoms with Crippen molar-refractivity contribution < 1.29 is 4.74 Å². The zero-order chi connectivity index (χ0) is 24.5. The van der Waals surface area contributed by atoms with Gasteiger partial charge in [-0.1, -0.05) is 18.2 Å². The number of fused-ring (bicyclic) bond motifs is 2. The Morgan fingerprint density at radius 3 is 2.69 bits per heavy atom. The molecule has 0 fully saturated rings. The average molecular weight is 469 g/mol. The van der Waals surface area contributed by atoms with Crippen LogP contribution in [0.2, 0.25) is 0 Å². The van der Waals surface area contributed by atoms with Crippen LogP contribution in [0, 0.1) is 13.8 Å². The van der Waals surface area contributed by atoms with Gasteiger partial charge < -0.3 is 19.5 Å². The first-order valence-corrected chi connectivity index (χ1v) is 12.0. The van der Waals surface area contributed by atoms with Gasteiger partial charge in [-0.05, 0) is 69.8 Å². The molecule has 0 atom stereocenters. The summed E-state index contributed by atoms with van der Waals surface area (Å²) in [6.07, 6.45) is 2.66. The highest BCUT2D eigenvalue weighted by Gasteiger charge is 2.22. The number of rotatable bonds is 6. The Labute approximate surface area is 206 Å². The molecule has 0 aliphatic carbocycles. The van der Waals surface area contributed by atoms with E-state index in [0.29, 0.717) is 13.2 Å². The predicted octanol–water partition coefficient (Wildman–Crippen LogP) is 4.83. The van der Waals surface area contributed by atoms with Gasteiger partial charge in [-0.25, -0.2) is 15.0 Å². The second-order valence-electron chi connectivity index (χ2n) is 9.40. The van der Waals surface area contributed by atoms with E-state index in [1.807, 2.05) is 27.1 Å². The summed E-state index contributed by atoms with van der Waals surface area (Å²) >= 11 is 0. The molecule has 0 radical (unpaired) electrons. The zero-order valence-corrected chi connectivity index (χ0v) is 20.9. The number of hydrogen-bond donors (Lipinski definition) is 1. The van der Waals surface area contributed by atoms with Gasteiger partial charge in [0, 0.05) is 23.4 Å². The lowest BCUT2D eigenvalue weighted by molar-refractivity contribution is 0.331. The maximum absolute atomic E-state index is 6.16. The monoisotopic (exact) mass is 468 g/mol. The molecular formula is C28H32N6O. The summed E-state index contributed by atoms with van der Waals surface area (Å²) in [5, 5.41) is 0. The van der Waals surface area contributed by atoms with Crippen molar-refractivity contribution in [3.63, 3.8) is 0 Å². The standard InChI is InChI=1S/C28H32N6O/c1-6-7-23-18(2)29-27(17-33(4)5)32-28(23)34-12-13-35-26-11-9-20(14-22(26)16-34)21-8-10-24-25(15-21)31-19(3)30-24/h6,8-11,14-15H,1,7,12-13,16-17H2,2-5H3,(H,30,31). The number of nitrogens with zero attached hydrogens (tertiary/aromatic N) is 5. The molecule has 0 amide bonds. The highest BCUT2D eigenvalue weighted by molar-refractivity contribution is 5.82. The fraction of sp³-hybridized carbons (Fsp3) is 0.321. The van der Waals surface area contributed by atoms with E-state index in [9.17, 15) is 0 Å². The Morgan fingerprint density at radius 2 is 1.89 bits per heavy atom. The Kier molecular flexibility index (Phi) is 6.26. The van der Waals surface area contributed by atoms with E-state index in [2.05, 4.69) is 69.7 Å². The van der Waals surface area contributed by atoms with E-state index >= 15 is 0 Å². The van der Waals surface area contributed by atoms with Crippen LogP contribution in [0.5, 0.6) is 5.75 Å². The van der Waals surface area contributed by atoms with Gasteiger partial charge in [0.15, 0.2) is 0 Å². The van der Waals surface area contributed by atoms with Crippen LogP contribution in [-0.2, 0) is 19.5 Å². The highest BCUT2D eigenvalue weighted by atomic mass is 16.5. The van der Waals surface area contributed by atoms with Gasteiger partial charge in [0.05, 0.1) is 24.1 Å². The summed E-state index contributed by atoms with van der Waals surface area (Å²) < 4.78 is 6.16. The molecular weight excluding hydrogens is 436 g/mol. The first kappa shape index (κ1) is 23.1. The highest BCUT2D eigenvalue weighted by Crippen LogP contribution is 2.33. The van der Waals surface area contributed by atoms with Crippen LogP contribution < -0.4 is 9.64 Å². The first-order valence-electron chi connectivity index (χ1n) is 12.0. The number of imidazole rings is 1. The van der Waals surface area contributed by atoms with E-state index in [4.69, 9.17) is 14.7 Å². The summed E-state index contributed by atoms with van der Waals surface area (Å²) in [5.74, 6) is 3.66. The molecule has 180 valence electrons. The smallest absolute Gasteiger partial charge is 0.144 e. The normalized spacial score (nSPS) is 13.6. The molecule has 5 rings (SSSR count). The lowest BCUT2D eigenvalue weighted by atomic mass is 10.0. The molecule has 3 heterocycles. The molecule has 2 aromatic heterocycles. The lowest BCUT2D eigenvalue weighted by Crippen LogP contribution is -2.29. The van der Waals surface area contributed by atoms with Gasteiger partial charge in [-0.3, -0.25) is 0 Å². The topological polar surface area (TPSA) is 70.2 Å². The predicted molar refractivity (Wildman–Crippen MR) is 141 cm³/mol. The molecule has 0 bridgehead atoms. The number of benzene rings is 2. The fourth-order valence-electron chi connectivity index (χ4n) is 4.71. The van der Waals surface area contributed by atoms with Crippen LogP contribution >= 0.6 is 0 Å². The summed E-state index contributed by atoms with van der Waals surface area (Å²) in [4.78, 5) is 22.1. The number of H-pyrrole nitrogens is 1. The Morgan fingerprint density at radius 1 is 1.09 bits per heavy atom. The number of nitrogens with one attached hydrogen (secondary N) is 1. The van der Waals surface area contributed by atoms with Gasteiger partial charge in [0.2, 0.25) is 0 Å². The SMILES string of the molecule is C=CCc1c(C)nc(CN(C)C)nc1N1CCOc2ccc(-c3ccc4nc(C)[nH]c4c3)cc2C1. The van der Waals surface area contributed by atoms with Crippen LogP contribution in [-0.4, -0.2) is 52.1 Å². The molecule has 0 saturated heterocycles. The Bertz CT molecular complexity index is 1390. The number of hydrogen-bond acceptors (Lipinski definition) is 6. The molecule has 0 spiro atoms. The van der Waals surface area contributed by atoms with Crippen LogP contribution in [0.3, 0.4) is 0 Å². The van der Waals surface area contributed by atoms with Crippen molar-refractivity contribution in [3.05, 3.63) is 77.5 Å². The van der Waals surface area contributed by atoms with Crippen molar-refractivity contribution in [2.45, 2.75) is 33.4 Å². The largest absolute Gasteiger partial charge is 0.491 e. The number of aromatic amines is 1. The summed E-state index contributed by atoms with van der Waals surface area (Å²) in [6, 6.07) is 12.8. The molecule has 1 N–H and O–H groups in total. The van der Waals surface area contributed by atoms with Crippen molar-refractivity contribution in [2.75, 3.05) is 32.1 Å². The van der Waals surface area contributed by atoms with E-state index in [0.717, 1.165) is 81.7 Å². The molecule has 35 heavy (non-hydrogen) atoms. The molecule has 4 aromatic rings. The molecule has 2 aromatic carbocycles. The molecule has 1 aliphatic rings. The molecule has 0 saturated carbocycles. The van der Waals surface area contributed by atoms with E-state index in [-0.39, 0.29) is 0 Å². The summed E-state index contributed by atoms with van der Waals surface area (Å²) in [5.41, 5.74) is 7.62. The van der Waals surface area contributed by atoms with Crippen molar-refractivity contribution in [1.82, 2.24) is 24.8 Å². The third-order valence-corrected chi connectivity index (χ3v) is 6.32. The molecule has 7 nitrogen and oxygen atoms in total. The van der Waals surface area contributed by atoms with Gasteiger partial charge in [0.25, 0.3) is 0 Å². The van der Waals surface area contributed by atoms with Crippen LogP contribution in [0.1, 0.15) is 28.5 Å². The Hall–Kier alpha value is -3.71. The molecule has 7 heteroatoms. The Balaban J connectivity index is 1.52. The zero-order valence-electron chi connectivity index (χ0n) is 20.9. The van der Waals surface area contributed by atoms with Crippen molar-refractivity contribution in [3.8, 4) is 16.9 Å². The van der Waals surface area contributed by atoms with E-state index in [1.54, 1.807) is 0 Å². The van der Waals surface area contributed by atoms with Crippen molar-refractivity contribution in [2.24, 2.45) is 0 Å². The van der Waals surface area contributed by atoms with E-state index < -0.39 is 0 Å². The van der Waals surface area contributed by atoms with Gasteiger partial charge in [-0.15, -0.1) is 6.58 Å². The fourth-order valence-corrected chi connectivity index (χ4v) is 4.71. The van der Waals surface area contributed by atoms with Crippen LogP contribution in [0.25, 0.3) is 22.2 Å². The van der Waals surface area contributed by atoms with Gasteiger partial charge >= 0.3 is 0 Å². The van der Waals surface area contributed by atoms with Gasteiger partial charge in [-0.2, -0.15) is 0 Å². The number of aryl methyl sites for hydroxylation is 2. The number of anilines is 1. The minimum absolute atomic E-state index is 0.603. The van der Waals surface area contributed by atoms with Gasteiger partial charge in [0.1, 0.15) is 29.8 Å². The first-order chi connectivity index (χ1) is 16.9. The number of ether oxygens (including phenoxy) is 1. The lowest BCUT2D eigenvalue weighted by Gasteiger charge is -2.25. The summed E-state index contributed by atoms with van der Waals surface area (Å²) in [6.45, 7) is 10.8. The van der Waals surface area contributed by atoms with Crippen LogP contribution in [0.15, 0.2) is 49.1 Å². The summed E-state index contributed by atoms with van der Waals surface area (Å²) in [7, 11) is 4.07. The quantitative estimate of drug-likeness (QED) is 0.409. The number of aromatic nitrogens is 4. The average Bonchev–Trinajstić information content (AvgIpc) is 3.06. The van der Waals surface area contributed by atoms with Crippen molar-refractivity contribution in [1.29, 1.82) is 0 Å². The van der Waals surface area contributed by atoms with E-state index in [1.165, 1.54) is 0 Å². The van der Waals surface area contributed by atoms with Crippen LogP contribution in [0.4, 0.5) is 5.82 Å². The molecule has 1 aliphatic heterocycles.